The molecule has 0 atom stereocenters. The molecule has 2 aromatic carbocycles. The lowest BCUT2D eigenvalue weighted by Crippen LogP contribution is -2.17. The fraction of sp³-hybridized carbons (Fsp3) is 0.0714. The molecule has 0 radical (unpaired) electrons. The highest BCUT2D eigenvalue weighted by Gasteiger charge is 2.31. The van der Waals surface area contributed by atoms with Crippen molar-refractivity contribution in [3.05, 3.63) is 53.1 Å². The summed E-state index contributed by atoms with van der Waals surface area (Å²) in [5.41, 5.74) is 0.646. The Morgan fingerprint density at radius 3 is 2.38 bits per heavy atom. The van der Waals surface area contributed by atoms with E-state index in [1.165, 1.54) is 6.21 Å². The Morgan fingerprint density at radius 1 is 1.10 bits per heavy atom. The number of aliphatic imine (C=N–C) groups is 1. The van der Waals surface area contributed by atoms with Crippen LogP contribution in [0.1, 0.15) is 5.56 Å². The van der Waals surface area contributed by atoms with Crippen molar-refractivity contribution in [2.75, 3.05) is 0 Å². The van der Waals surface area contributed by atoms with Gasteiger partial charge in [0.2, 0.25) is 0 Å². The van der Waals surface area contributed by atoms with E-state index in [0.717, 1.165) is 18.2 Å². The Labute approximate surface area is 123 Å². The van der Waals surface area contributed by atoms with Crippen LogP contribution in [0.3, 0.4) is 0 Å². The quantitative estimate of drug-likeness (QED) is 0.834. The Kier molecular flexibility index (Phi) is 4.37. The molecule has 2 aromatic rings. The first-order valence-electron chi connectivity index (χ1n) is 5.72. The van der Waals surface area contributed by atoms with Gasteiger partial charge in [-0.2, -0.15) is 0 Å². The lowest BCUT2D eigenvalue weighted by atomic mass is 10.2. The van der Waals surface area contributed by atoms with Crippen molar-refractivity contribution in [2.24, 2.45) is 4.99 Å². The maximum atomic E-state index is 12.1. The normalized spacial score (nSPS) is 11.8. The van der Waals surface area contributed by atoms with E-state index in [1.54, 1.807) is 24.3 Å². The molecule has 0 aliphatic heterocycles. The second-order valence-electron chi connectivity index (χ2n) is 4.00. The number of benzene rings is 2. The maximum absolute atomic E-state index is 12.1. The average molecular weight is 316 g/mol. The molecular formula is C14H9ClF3NO2. The molecule has 7 heteroatoms. The molecule has 0 fully saturated rings. The lowest BCUT2D eigenvalue weighted by molar-refractivity contribution is -0.274. The van der Waals surface area contributed by atoms with E-state index in [1.807, 2.05) is 0 Å². The average Bonchev–Trinajstić information content (AvgIpc) is 2.39. The molecule has 21 heavy (non-hydrogen) atoms. The van der Waals surface area contributed by atoms with Gasteiger partial charge in [0.25, 0.3) is 0 Å². The lowest BCUT2D eigenvalue weighted by Gasteiger charge is -2.09. The van der Waals surface area contributed by atoms with Crippen LogP contribution in [0.5, 0.6) is 11.5 Å². The summed E-state index contributed by atoms with van der Waals surface area (Å²) in [6, 6.07) is 9.67. The van der Waals surface area contributed by atoms with Gasteiger partial charge in [-0.1, -0.05) is 11.6 Å². The van der Waals surface area contributed by atoms with Crippen LogP contribution in [0.2, 0.25) is 5.02 Å². The highest BCUT2D eigenvalue weighted by Crippen LogP contribution is 2.27. The number of rotatable bonds is 3. The third-order valence-electron chi connectivity index (χ3n) is 2.41. The molecule has 0 bridgehead atoms. The molecule has 2 rings (SSSR count). The minimum atomic E-state index is -4.79. The fourth-order valence-corrected chi connectivity index (χ4v) is 1.63. The minimum Gasteiger partial charge on any atom is -0.507 e. The van der Waals surface area contributed by atoms with Gasteiger partial charge in [-0.05, 0) is 42.5 Å². The number of phenolic OH excluding ortho intramolecular Hbond substituents is 1. The summed E-state index contributed by atoms with van der Waals surface area (Å²) >= 11 is 5.72. The van der Waals surface area contributed by atoms with Gasteiger partial charge in [0.05, 0.1) is 5.69 Å². The first kappa shape index (κ1) is 15.2. The number of phenols is 1. The summed E-state index contributed by atoms with van der Waals surface area (Å²) in [5, 5.41) is 10.1. The summed E-state index contributed by atoms with van der Waals surface area (Å²) in [7, 11) is 0. The second kappa shape index (κ2) is 6.05. The predicted molar refractivity (Wildman–Crippen MR) is 73.5 cm³/mol. The monoisotopic (exact) mass is 315 g/mol. The smallest absolute Gasteiger partial charge is 0.507 e. The Morgan fingerprint density at radius 2 is 1.76 bits per heavy atom. The zero-order chi connectivity index (χ0) is 15.5. The summed E-state index contributed by atoms with van der Waals surface area (Å²) in [5.74, 6) is -0.639. The van der Waals surface area contributed by atoms with Crippen LogP contribution in [0.4, 0.5) is 18.9 Å². The largest absolute Gasteiger partial charge is 0.573 e. The van der Waals surface area contributed by atoms with Gasteiger partial charge < -0.3 is 9.84 Å². The molecule has 0 saturated carbocycles. The van der Waals surface area contributed by atoms with Crippen LogP contribution in [0.25, 0.3) is 0 Å². The number of hydrogen-bond acceptors (Lipinski definition) is 3. The number of aromatic hydroxyl groups is 1. The molecule has 0 aliphatic rings. The Hall–Kier alpha value is -2.21. The van der Waals surface area contributed by atoms with E-state index >= 15 is 0 Å². The molecule has 3 nitrogen and oxygen atoms in total. The zero-order valence-corrected chi connectivity index (χ0v) is 11.2. The fourth-order valence-electron chi connectivity index (χ4n) is 1.50. The van der Waals surface area contributed by atoms with E-state index < -0.39 is 12.1 Å². The Bertz CT molecular complexity index is 654. The van der Waals surface area contributed by atoms with E-state index in [-0.39, 0.29) is 11.3 Å². The van der Waals surface area contributed by atoms with Gasteiger partial charge in [0.15, 0.2) is 0 Å². The topological polar surface area (TPSA) is 41.8 Å². The van der Waals surface area contributed by atoms with Gasteiger partial charge in [0, 0.05) is 16.8 Å². The van der Waals surface area contributed by atoms with E-state index in [9.17, 15) is 18.3 Å². The first-order chi connectivity index (χ1) is 9.83. The highest BCUT2D eigenvalue weighted by atomic mass is 35.5. The van der Waals surface area contributed by atoms with Crippen molar-refractivity contribution in [1.29, 1.82) is 0 Å². The number of nitrogens with zero attached hydrogens (tertiary/aromatic N) is 1. The molecule has 0 spiro atoms. The molecule has 1 N–H and O–H groups in total. The third kappa shape index (κ3) is 4.68. The predicted octanol–water partition coefficient (Wildman–Crippen LogP) is 4.69. The summed E-state index contributed by atoms with van der Waals surface area (Å²) in [6.07, 6.45) is -3.55. The number of alkyl halides is 3. The van der Waals surface area contributed by atoms with Gasteiger partial charge in [-0.3, -0.25) is 4.99 Å². The molecule has 0 aliphatic carbocycles. The number of ether oxygens (including phenoxy) is 1. The van der Waals surface area contributed by atoms with Gasteiger partial charge in [0.1, 0.15) is 11.5 Å². The van der Waals surface area contributed by atoms with Gasteiger partial charge in [-0.25, -0.2) is 0 Å². The van der Waals surface area contributed by atoms with Crippen molar-refractivity contribution in [2.45, 2.75) is 6.36 Å². The van der Waals surface area contributed by atoms with Crippen LogP contribution in [-0.4, -0.2) is 17.7 Å². The molecule has 0 heterocycles. The first-order valence-corrected chi connectivity index (χ1v) is 6.10. The van der Waals surface area contributed by atoms with E-state index in [2.05, 4.69) is 9.73 Å². The summed E-state index contributed by atoms with van der Waals surface area (Å²) in [4.78, 5) is 4.04. The number of hydrogen-bond donors (Lipinski definition) is 1. The SMILES string of the molecule is Oc1ccc(OC(F)(F)F)cc1C=Nc1ccc(Cl)cc1. The number of halogens is 4. The molecule has 0 saturated heterocycles. The zero-order valence-electron chi connectivity index (χ0n) is 10.4. The van der Waals surface area contributed by atoms with Crippen molar-refractivity contribution < 1.29 is 23.0 Å². The standard InChI is InChI=1S/C14H9ClF3NO2/c15-10-1-3-11(4-2-10)19-8-9-7-12(5-6-13(9)20)21-14(16,17)18/h1-8,20H. The minimum absolute atomic E-state index is 0.103. The summed E-state index contributed by atoms with van der Waals surface area (Å²) in [6.45, 7) is 0. The van der Waals surface area contributed by atoms with Crippen molar-refractivity contribution in [3.8, 4) is 11.5 Å². The maximum Gasteiger partial charge on any atom is 0.573 e. The molecule has 0 amide bonds. The van der Waals surface area contributed by atoms with Crippen LogP contribution >= 0.6 is 11.6 Å². The van der Waals surface area contributed by atoms with Crippen LogP contribution in [0, 0.1) is 0 Å². The summed E-state index contributed by atoms with van der Waals surface area (Å²) < 4.78 is 40.2. The van der Waals surface area contributed by atoms with Crippen LogP contribution in [-0.2, 0) is 0 Å². The molecule has 110 valence electrons. The molecule has 0 unspecified atom stereocenters. The van der Waals surface area contributed by atoms with Crippen molar-refractivity contribution >= 4 is 23.5 Å². The van der Waals surface area contributed by atoms with Crippen molar-refractivity contribution in [3.63, 3.8) is 0 Å². The molecule has 0 aromatic heterocycles. The second-order valence-corrected chi connectivity index (χ2v) is 4.44. The van der Waals surface area contributed by atoms with Crippen LogP contribution < -0.4 is 4.74 Å². The Balaban J connectivity index is 2.22. The molecular weight excluding hydrogens is 307 g/mol. The van der Waals surface area contributed by atoms with Crippen LogP contribution in [0.15, 0.2) is 47.5 Å². The van der Waals surface area contributed by atoms with Gasteiger partial charge in [-0.15, -0.1) is 13.2 Å². The highest BCUT2D eigenvalue weighted by molar-refractivity contribution is 6.30. The third-order valence-corrected chi connectivity index (χ3v) is 2.66. The van der Waals surface area contributed by atoms with Crippen molar-refractivity contribution in [1.82, 2.24) is 0 Å². The van der Waals surface area contributed by atoms with Gasteiger partial charge >= 0.3 is 6.36 Å². The van der Waals surface area contributed by atoms with E-state index in [4.69, 9.17) is 11.6 Å². The van der Waals surface area contributed by atoms with E-state index in [0.29, 0.717) is 10.7 Å².